The summed E-state index contributed by atoms with van der Waals surface area (Å²) >= 11 is 1.56. The Hall–Kier alpha value is -1.69. The minimum atomic E-state index is -0.956. The number of hydrogen-bond donors (Lipinski definition) is 1. The number of benzene rings is 1. The molecule has 0 aliphatic carbocycles. The first-order valence-corrected chi connectivity index (χ1v) is 7.94. The van der Waals surface area contributed by atoms with Crippen molar-refractivity contribution < 1.29 is 19.4 Å². The molecule has 0 spiro atoms. The second-order valence-electron chi connectivity index (χ2n) is 5.07. The molecule has 1 aromatic carbocycles. The van der Waals surface area contributed by atoms with Gasteiger partial charge in [-0.1, -0.05) is 17.7 Å². The van der Waals surface area contributed by atoms with Crippen molar-refractivity contribution >= 4 is 23.6 Å². The quantitative estimate of drug-likeness (QED) is 0.917. The van der Waals surface area contributed by atoms with Crippen LogP contribution in [0, 0.1) is 13.8 Å². The van der Waals surface area contributed by atoms with Crippen LogP contribution >= 0.6 is 11.8 Å². The van der Waals surface area contributed by atoms with Crippen molar-refractivity contribution in [3.8, 4) is 5.75 Å². The van der Waals surface area contributed by atoms with Gasteiger partial charge in [0.15, 0.2) is 6.61 Å². The number of amides is 1. The lowest BCUT2D eigenvalue weighted by Crippen LogP contribution is -2.51. The Morgan fingerprint density at radius 2 is 2.19 bits per heavy atom. The number of thioether (sulfide) groups is 1. The summed E-state index contributed by atoms with van der Waals surface area (Å²) in [6, 6.07) is 4.99. The molecule has 1 aliphatic heterocycles. The van der Waals surface area contributed by atoms with Crippen molar-refractivity contribution in [2.45, 2.75) is 19.9 Å². The number of aliphatic carboxylic acids is 1. The highest BCUT2D eigenvalue weighted by Crippen LogP contribution is 2.20. The van der Waals surface area contributed by atoms with E-state index in [0.717, 1.165) is 16.9 Å². The molecule has 1 aliphatic rings. The molecule has 1 amide bonds. The van der Waals surface area contributed by atoms with Gasteiger partial charge in [0.2, 0.25) is 0 Å². The summed E-state index contributed by atoms with van der Waals surface area (Å²) in [5.74, 6) is 0.626. The monoisotopic (exact) mass is 309 g/mol. The van der Waals surface area contributed by atoms with Crippen LogP contribution in [-0.4, -0.2) is 52.6 Å². The van der Waals surface area contributed by atoms with Gasteiger partial charge < -0.3 is 14.7 Å². The van der Waals surface area contributed by atoms with Crippen LogP contribution in [0.15, 0.2) is 18.2 Å². The first-order valence-electron chi connectivity index (χ1n) is 6.79. The smallest absolute Gasteiger partial charge is 0.327 e. The summed E-state index contributed by atoms with van der Waals surface area (Å²) in [5.41, 5.74) is 2.09. The molecule has 1 saturated heterocycles. The number of carboxylic acids is 1. The number of nitrogens with zero attached hydrogens (tertiary/aromatic N) is 1. The van der Waals surface area contributed by atoms with Gasteiger partial charge in [-0.05, 0) is 25.5 Å². The maximum absolute atomic E-state index is 12.2. The van der Waals surface area contributed by atoms with Crippen molar-refractivity contribution in [3.63, 3.8) is 0 Å². The Bertz CT molecular complexity index is 546. The normalized spacial score (nSPS) is 18.4. The average Bonchev–Trinajstić information content (AvgIpc) is 2.46. The molecule has 1 heterocycles. The first-order chi connectivity index (χ1) is 9.99. The largest absolute Gasteiger partial charge is 0.483 e. The highest BCUT2D eigenvalue weighted by Gasteiger charge is 2.32. The Morgan fingerprint density at radius 1 is 1.43 bits per heavy atom. The minimum Gasteiger partial charge on any atom is -0.483 e. The van der Waals surface area contributed by atoms with Crippen LogP contribution in [0.2, 0.25) is 0 Å². The van der Waals surface area contributed by atoms with Crippen LogP contribution in [0.4, 0.5) is 0 Å². The maximum Gasteiger partial charge on any atom is 0.327 e. The Kier molecular flexibility index (Phi) is 5.12. The zero-order valence-corrected chi connectivity index (χ0v) is 13.0. The number of carbonyl (C=O) groups excluding carboxylic acids is 1. The predicted octanol–water partition coefficient (Wildman–Crippen LogP) is 1.71. The molecule has 0 aromatic heterocycles. The fraction of sp³-hybridized carbons (Fsp3) is 0.467. The van der Waals surface area contributed by atoms with Gasteiger partial charge in [0, 0.05) is 18.1 Å². The third-order valence-corrected chi connectivity index (χ3v) is 4.44. The highest BCUT2D eigenvalue weighted by atomic mass is 32.2. The molecule has 0 radical (unpaired) electrons. The van der Waals surface area contributed by atoms with Crippen LogP contribution in [0.3, 0.4) is 0 Å². The molecule has 1 aromatic rings. The lowest BCUT2D eigenvalue weighted by molar-refractivity contribution is -0.150. The molecule has 1 N–H and O–H groups in total. The standard InChI is InChI=1S/C15H19NO4S/c1-10-3-4-13(11(2)7-10)20-8-14(17)16-5-6-21-9-12(16)15(18)19/h3-4,7,12H,5-6,8-9H2,1-2H3,(H,18,19). The van der Waals surface area contributed by atoms with Gasteiger partial charge in [0.1, 0.15) is 11.8 Å². The molecule has 6 heteroatoms. The third kappa shape index (κ3) is 3.91. The number of rotatable bonds is 4. The number of carbonyl (C=O) groups is 2. The van der Waals surface area contributed by atoms with Gasteiger partial charge in [0.25, 0.3) is 5.91 Å². The Morgan fingerprint density at radius 3 is 2.86 bits per heavy atom. The van der Waals surface area contributed by atoms with Crippen molar-refractivity contribution in [1.29, 1.82) is 0 Å². The lowest BCUT2D eigenvalue weighted by atomic mass is 10.1. The van der Waals surface area contributed by atoms with E-state index in [0.29, 0.717) is 18.0 Å². The van der Waals surface area contributed by atoms with E-state index >= 15 is 0 Å². The number of aryl methyl sites for hydroxylation is 2. The molecule has 0 saturated carbocycles. The van der Waals surface area contributed by atoms with E-state index in [1.165, 1.54) is 4.90 Å². The number of hydrogen-bond acceptors (Lipinski definition) is 4. The van der Waals surface area contributed by atoms with E-state index in [2.05, 4.69) is 0 Å². The number of ether oxygens (including phenoxy) is 1. The maximum atomic E-state index is 12.2. The molecule has 5 nitrogen and oxygen atoms in total. The zero-order valence-electron chi connectivity index (χ0n) is 12.2. The van der Waals surface area contributed by atoms with Gasteiger partial charge in [-0.25, -0.2) is 4.79 Å². The molecule has 0 bridgehead atoms. The summed E-state index contributed by atoms with van der Waals surface area (Å²) < 4.78 is 5.54. The van der Waals surface area contributed by atoms with Crippen molar-refractivity contribution in [2.24, 2.45) is 0 Å². The summed E-state index contributed by atoms with van der Waals surface area (Å²) in [6.07, 6.45) is 0. The van der Waals surface area contributed by atoms with E-state index in [9.17, 15) is 9.59 Å². The molecule has 114 valence electrons. The topological polar surface area (TPSA) is 66.8 Å². The molecule has 1 atom stereocenters. The number of carboxylic acid groups (broad SMARTS) is 1. The lowest BCUT2D eigenvalue weighted by Gasteiger charge is -2.32. The fourth-order valence-corrected chi connectivity index (χ4v) is 3.33. The van der Waals surface area contributed by atoms with Gasteiger partial charge in [-0.15, -0.1) is 0 Å². The molecular weight excluding hydrogens is 290 g/mol. The van der Waals surface area contributed by atoms with Crippen LogP contribution < -0.4 is 4.74 Å². The van der Waals surface area contributed by atoms with Crippen LogP contribution in [0.25, 0.3) is 0 Å². The predicted molar refractivity (Wildman–Crippen MR) is 81.9 cm³/mol. The van der Waals surface area contributed by atoms with Crippen LogP contribution in [0.1, 0.15) is 11.1 Å². The van der Waals surface area contributed by atoms with Gasteiger partial charge in [-0.2, -0.15) is 11.8 Å². The summed E-state index contributed by atoms with van der Waals surface area (Å²) in [5, 5.41) is 9.17. The van der Waals surface area contributed by atoms with Crippen molar-refractivity contribution in [2.75, 3.05) is 24.7 Å². The molecule has 2 rings (SSSR count). The van der Waals surface area contributed by atoms with E-state index in [4.69, 9.17) is 9.84 Å². The first kappa shape index (κ1) is 15.7. The molecular formula is C15H19NO4S. The summed E-state index contributed by atoms with van der Waals surface area (Å²) in [7, 11) is 0. The van der Waals surface area contributed by atoms with Crippen LogP contribution in [-0.2, 0) is 9.59 Å². The second-order valence-corrected chi connectivity index (χ2v) is 6.22. The van der Waals surface area contributed by atoms with Gasteiger partial charge in [-0.3, -0.25) is 4.79 Å². The minimum absolute atomic E-state index is 0.127. The molecule has 21 heavy (non-hydrogen) atoms. The van der Waals surface area contributed by atoms with Crippen molar-refractivity contribution in [1.82, 2.24) is 4.90 Å². The fourth-order valence-electron chi connectivity index (χ4n) is 2.29. The highest BCUT2D eigenvalue weighted by molar-refractivity contribution is 7.99. The van der Waals surface area contributed by atoms with E-state index in [1.807, 2.05) is 32.0 Å². The van der Waals surface area contributed by atoms with Crippen LogP contribution in [0.5, 0.6) is 5.75 Å². The molecule has 1 unspecified atom stereocenters. The van der Waals surface area contributed by atoms with E-state index in [-0.39, 0.29) is 12.5 Å². The second kappa shape index (κ2) is 6.85. The third-order valence-electron chi connectivity index (χ3n) is 3.42. The zero-order chi connectivity index (χ0) is 15.4. The summed E-state index contributed by atoms with van der Waals surface area (Å²) in [6.45, 7) is 4.24. The van der Waals surface area contributed by atoms with E-state index in [1.54, 1.807) is 11.8 Å². The Labute approximate surface area is 128 Å². The SMILES string of the molecule is Cc1ccc(OCC(=O)N2CCSCC2C(=O)O)c(C)c1. The summed E-state index contributed by atoms with van der Waals surface area (Å²) in [4.78, 5) is 24.8. The van der Waals surface area contributed by atoms with E-state index < -0.39 is 12.0 Å². The average molecular weight is 309 g/mol. The van der Waals surface area contributed by atoms with Gasteiger partial charge in [0.05, 0.1) is 0 Å². The van der Waals surface area contributed by atoms with Gasteiger partial charge >= 0.3 is 5.97 Å². The molecule has 1 fully saturated rings. The Balaban J connectivity index is 1.98. The van der Waals surface area contributed by atoms with Crippen molar-refractivity contribution in [3.05, 3.63) is 29.3 Å².